The van der Waals surface area contributed by atoms with Gasteiger partial charge in [0.1, 0.15) is 0 Å². The number of hydrogen-bond donors (Lipinski definition) is 2. The molecule has 1 aromatic heterocycles. The Kier molecular flexibility index (Phi) is 6.85. The number of aliphatic imine (C=N–C) groups is 1. The number of nitrogens with one attached hydrogen (secondary N) is 2. The zero-order valence-corrected chi connectivity index (χ0v) is 15.3. The molecule has 0 bridgehead atoms. The summed E-state index contributed by atoms with van der Waals surface area (Å²) in [5, 5.41) is 11.2. The van der Waals surface area contributed by atoms with E-state index in [9.17, 15) is 0 Å². The Labute approximate surface area is 145 Å². The van der Waals surface area contributed by atoms with Crippen LogP contribution in [0.4, 0.5) is 0 Å². The van der Waals surface area contributed by atoms with Gasteiger partial charge in [-0.15, -0.1) is 0 Å². The molecule has 0 aliphatic carbocycles. The van der Waals surface area contributed by atoms with E-state index in [1.165, 1.54) is 16.8 Å². The number of guanidine groups is 1. The maximum Gasteiger partial charge on any atom is 0.190 e. The molecule has 0 fully saturated rings. The van der Waals surface area contributed by atoms with Gasteiger partial charge >= 0.3 is 0 Å². The Bertz CT molecular complexity index is 658. The first-order valence-corrected chi connectivity index (χ1v) is 8.59. The average molecular weight is 327 g/mol. The Morgan fingerprint density at radius 1 is 1.08 bits per heavy atom. The quantitative estimate of drug-likeness (QED) is 0.466. The third-order valence-electron chi connectivity index (χ3n) is 4.33. The summed E-state index contributed by atoms with van der Waals surface area (Å²) in [7, 11) is 3.81. The lowest BCUT2D eigenvalue weighted by Gasteiger charge is -2.12. The molecule has 5 heteroatoms. The number of aromatic nitrogens is 2. The fourth-order valence-electron chi connectivity index (χ4n) is 2.85. The van der Waals surface area contributed by atoms with E-state index in [1.54, 1.807) is 0 Å². The third-order valence-corrected chi connectivity index (χ3v) is 4.33. The van der Waals surface area contributed by atoms with Crippen LogP contribution in [0.15, 0.2) is 35.3 Å². The summed E-state index contributed by atoms with van der Waals surface area (Å²) in [6, 6.07) is 10.6. The highest BCUT2D eigenvalue weighted by Gasteiger charge is 2.08. The number of benzene rings is 1. The highest BCUT2D eigenvalue weighted by atomic mass is 15.3. The lowest BCUT2D eigenvalue weighted by Crippen LogP contribution is -2.38. The third kappa shape index (κ3) is 5.11. The second-order valence-corrected chi connectivity index (χ2v) is 6.04. The van der Waals surface area contributed by atoms with Gasteiger partial charge in [0.2, 0.25) is 0 Å². The van der Waals surface area contributed by atoms with Crippen LogP contribution in [0.3, 0.4) is 0 Å². The number of rotatable bonds is 7. The van der Waals surface area contributed by atoms with Crippen LogP contribution in [0, 0.1) is 13.8 Å². The van der Waals surface area contributed by atoms with E-state index in [1.807, 2.05) is 18.8 Å². The molecule has 0 aliphatic heterocycles. The minimum absolute atomic E-state index is 0.853. The molecule has 0 amide bonds. The second kappa shape index (κ2) is 9.11. The van der Waals surface area contributed by atoms with Gasteiger partial charge in [-0.05, 0) is 44.2 Å². The van der Waals surface area contributed by atoms with Crippen molar-refractivity contribution in [3.05, 3.63) is 52.8 Å². The number of aryl methyl sites for hydroxylation is 3. The van der Waals surface area contributed by atoms with Crippen molar-refractivity contribution in [3.63, 3.8) is 0 Å². The van der Waals surface area contributed by atoms with E-state index in [0.717, 1.165) is 44.0 Å². The number of nitrogens with zero attached hydrogens (tertiary/aromatic N) is 3. The van der Waals surface area contributed by atoms with Gasteiger partial charge < -0.3 is 10.6 Å². The summed E-state index contributed by atoms with van der Waals surface area (Å²) in [6.45, 7) is 5.95. The monoisotopic (exact) mass is 327 g/mol. The van der Waals surface area contributed by atoms with Gasteiger partial charge in [-0.25, -0.2) is 0 Å². The summed E-state index contributed by atoms with van der Waals surface area (Å²) in [4.78, 5) is 4.29. The summed E-state index contributed by atoms with van der Waals surface area (Å²) < 4.78 is 1.95. The van der Waals surface area contributed by atoms with Crippen LogP contribution in [0.2, 0.25) is 0 Å². The molecule has 2 rings (SSSR count). The molecule has 130 valence electrons. The topological polar surface area (TPSA) is 54.2 Å². The molecular formula is C19H29N5. The van der Waals surface area contributed by atoms with Crippen LogP contribution < -0.4 is 10.6 Å². The van der Waals surface area contributed by atoms with Crippen molar-refractivity contribution in [2.24, 2.45) is 12.0 Å². The van der Waals surface area contributed by atoms with Gasteiger partial charge in [0.15, 0.2) is 5.96 Å². The molecule has 0 saturated heterocycles. The lowest BCUT2D eigenvalue weighted by atomic mass is 10.1. The molecule has 0 aliphatic rings. The standard InChI is InChI=1S/C19H29N5/c1-15-18(16(2)24(4)23-15)12-14-22-19(20-3)21-13-8-11-17-9-6-5-7-10-17/h5-7,9-10H,8,11-14H2,1-4H3,(H2,20,21,22). The van der Waals surface area contributed by atoms with Crippen molar-refractivity contribution >= 4 is 5.96 Å². The van der Waals surface area contributed by atoms with E-state index in [2.05, 4.69) is 64.9 Å². The smallest absolute Gasteiger partial charge is 0.190 e. The molecule has 0 spiro atoms. The largest absolute Gasteiger partial charge is 0.356 e. The van der Waals surface area contributed by atoms with E-state index in [-0.39, 0.29) is 0 Å². The van der Waals surface area contributed by atoms with E-state index >= 15 is 0 Å². The molecule has 0 unspecified atom stereocenters. The normalized spacial score (nSPS) is 11.6. The van der Waals surface area contributed by atoms with Gasteiger partial charge in [-0.1, -0.05) is 30.3 Å². The number of hydrogen-bond acceptors (Lipinski definition) is 2. The highest BCUT2D eigenvalue weighted by molar-refractivity contribution is 5.79. The molecule has 0 saturated carbocycles. The van der Waals surface area contributed by atoms with Crippen LogP contribution in [-0.4, -0.2) is 35.9 Å². The molecule has 1 heterocycles. The van der Waals surface area contributed by atoms with Gasteiger partial charge in [0.25, 0.3) is 0 Å². The summed E-state index contributed by atoms with van der Waals surface area (Å²) in [6.07, 6.45) is 3.13. The average Bonchev–Trinajstić information content (AvgIpc) is 2.83. The van der Waals surface area contributed by atoms with Gasteiger partial charge in [0, 0.05) is 32.9 Å². The second-order valence-electron chi connectivity index (χ2n) is 6.04. The molecule has 2 N–H and O–H groups in total. The Balaban J connectivity index is 1.69. The molecule has 1 aromatic carbocycles. The van der Waals surface area contributed by atoms with Gasteiger partial charge in [-0.2, -0.15) is 5.10 Å². The summed E-state index contributed by atoms with van der Waals surface area (Å²) >= 11 is 0. The highest BCUT2D eigenvalue weighted by Crippen LogP contribution is 2.11. The van der Waals surface area contributed by atoms with Crippen molar-refractivity contribution in [1.82, 2.24) is 20.4 Å². The maximum atomic E-state index is 4.46. The van der Waals surface area contributed by atoms with Crippen LogP contribution in [0.5, 0.6) is 0 Å². The first-order valence-electron chi connectivity index (χ1n) is 8.59. The first kappa shape index (κ1) is 18.0. The SMILES string of the molecule is CN=C(NCCCc1ccccc1)NCCc1c(C)nn(C)c1C. The Morgan fingerprint density at radius 2 is 1.79 bits per heavy atom. The molecule has 0 atom stereocenters. The first-order chi connectivity index (χ1) is 11.6. The zero-order chi connectivity index (χ0) is 17.4. The van der Waals surface area contributed by atoms with Crippen molar-refractivity contribution in [3.8, 4) is 0 Å². The van der Waals surface area contributed by atoms with Crippen LogP contribution >= 0.6 is 0 Å². The van der Waals surface area contributed by atoms with Crippen molar-refractivity contribution in [1.29, 1.82) is 0 Å². The molecular weight excluding hydrogens is 298 g/mol. The Morgan fingerprint density at radius 3 is 2.42 bits per heavy atom. The maximum absolute atomic E-state index is 4.46. The van der Waals surface area contributed by atoms with E-state index < -0.39 is 0 Å². The van der Waals surface area contributed by atoms with Crippen LogP contribution in [0.25, 0.3) is 0 Å². The predicted molar refractivity (Wildman–Crippen MR) is 101 cm³/mol. The van der Waals surface area contributed by atoms with Crippen molar-refractivity contribution < 1.29 is 0 Å². The van der Waals surface area contributed by atoms with Crippen LogP contribution in [0.1, 0.15) is 28.9 Å². The molecule has 2 aromatic rings. The molecule has 24 heavy (non-hydrogen) atoms. The van der Waals surface area contributed by atoms with E-state index in [4.69, 9.17) is 0 Å². The molecule has 0 radical (unpaired) electrons. The predicted octanol–water partition coefficient (Wildman–Crippen LogP) is 2.38. The van der Waals surface area contributed by atoms with E-state index in [0.29, 0.717) is 0 Å². The van der Waals surface area contributed by atoms with Crippen molar-refractivity contribution in [2.75, 3.05) is 20.1 Å². The zero-order valence-electron chi connectivity index (χ0n) is 15.3. The fraction of sp³-hybridized carbons (Fsp3) is 0.474. The lowest BCUT2D eigenvalue weighted by molar-refractivity contribution is 0.726. The summed E-state index contributed by atoms with van der Waals surface area (Å²) in [5.74, 6) is 0.863. The summed E-state index contributed by atoms with van der Waals surface area (Å²) in [5.41, 5.74) is 5.05. The molecule has 5 nitrogen and oxygen atoms in total. The van der Waals surface area contributed by atoms with Gasteiger partial charge in [0.05, 0.1) is 5.69 Å². The minimum atomic E-state index is 0.853. The minimum Gasteiger partial charge on any atom is -0.356 e. The fourth-order valence-corrected chi connectivity index (χ4v) is 2.85. The van der Waals surface area contributed by atoms with Gasteiger partial charge in [-0.3, -0.25) is 9.67 Å². The Hall–Kier alpha value is -2.30. The van der Waals surface area contributed by atoms with Crippen LogP contribution in [-0.2, 0) is 19.9 Å². The van der Waals surface area contributed by atoms with Crippen molar-refractivity contribution in [2.45, 2.75) is 33.1 Å².